The zero-order valence-electron chi connectivity index (χ0n) is 11.8. The molecule has 1 aromatic rings. The van der Waals surface area contributed by atoms with Crippen LogP contribution in [0.1, 0.15) is 33.3 Å². The fourth-order valence-electron chi connectivity index (χ4n) is 1.85. The second-order valence-corrected chi connectivity index (χ2v) is 4.80. The first-order valence-electron chi connectivity index (χ1n) is 6.69. The van der Waals surface area contributed by atoms with E-state index in [4.69, 9.17) is 0 Å². The highest BCUT2D eigenvalue weighted by Gasteiger charge is 2.13. The van der Waals surface area contributed by atoms with Gasteiger partial charge >= 0.3 is 0 Å². The molecule has 0 atom stereocenters. The summed E-state index contributed by atoms with van der Waals surface area (Å²) in [5.41, 5.74) is 0.688. The molecule has 0 aliphatic carbocycles. The third-order valence-corrected chi connectivity index (χ3v) is 2.88. The predicted octanol–water partition coefficient (Wildman–Crippen LogP) is 2.81. The average Bonchev–Trinajstić information content (AvgIpc) is 2.34. The van der Waals surface area contributed by atoms with Crippen LogP contribution in [0.25, 0.3) is 0 Å². The normalized spacial score (nSPS) is 11.0. The fraction of sp³-hybridized carbons (Fsp3) is 0.643. The maximum atomic E-state index is 14.3. The molecule has 0 unspecified atom stereocenters. The largest absolute Gasteiger partial charge is 0.355 e. The molecule has 3 nitrogen and oxygen atoms in total. The Balaban J connectivity index is 2.78. The van der Waals surface area contributed by atoms with E-state index in [0.717, 1.165) is 19.6 Å². The van der Waals surface area contributed by atoms with Gasteiger partial charge in [0.25, 0.3) is 0 Å². The zero-order valence-corrected chi connectivity index (χ0v) is 11.8. The van der Waals surface area contributed by atoms with Crippen molar-refractivity contribution >= 4 is 5.82 Å². The van der Waals surface area contributed by atoms with Crippen LogP contribution in [0, 0.1) is 11.7 Å². The monoisotopic (exact) mass is 253 g/mol. The van der Waals surface area contributed by atoms with Gasteiger partial charge in [-0.25, -0.2) is 9.37 Å². The van der Waals surface area contributed by atoms with Crippen molar-refractivity contribution in [3.8, 4) is 0 Å². The Bertz CT molecular complexity index is 362. The van der Waals surface area contributed by atoms with Gasteiger partial charge in [0.1, 0.15) is 0 Å². The van der Waals surface area contributed by atoms with E-state index in [0.29, 0.717) is 23.8 Å². The highest BCUT2D eigenvalue weighted by molar-refractivity contribution is 5.42. The van der Waals surface area contributed by atoms with Crippen LogP contribution in [0.5, 0.6) is 0 Å². The molecule has 0 saturated heterocycles. The third-order valence-electron chi connectivity index (χ3n) is 2.88. The highest BCUT2D eigenvalue weighted by Crippen LogP contribution is 2.19. The van der Waals surface area contributed by atoms with Gasteiger partial charge in [-0.1, -0.05) is 13.8 Å². The van der Waals surface area contributed by atoms with E-state index in [1.807, 2.05) is 18.7 Å². The van der Waals surface area contributed by atoms with Gasteiger partial charge in [-0.3, -0.25) is 0 Å². The van der Waals surface area contributed by atoms with Crippen molar-refractivity contribution in [3.05, 3.63) is 23.6 Å². The zero-order chi connectivity index (χ0) is 13.5. The first-order chi connectivity index (χ1) is 8.60. The van der Waals surface area contributed by atoms with E-state index in [1.165, 1.54) is 0 Å². The summed E-state index contributed by atoms with van der Waals surface area (Å²) in [4.78, 5) is 6.08. The molecule has 1 N–H and O–H groups in total. The quantitative estimate of drug-likeness (QED) is 0.810. The van der Waals surface area contributed by atoms with Gasteiger partial charge in [-0.15, -0.1) is 0 Å². The molecule has 0 fully saturated rings. The number of anilines is 1. The smallest absolute Gasteiger partial charge is 0.170 e. The summed E-state index contributed by atoms with van der Waals surface area (Å²) in [5.74, 6) is 0.832. The molecule has 18 heavy (non-hydrogen) atoms. The summed E-state index contributed by atoms with van der Waals surface area (Å²) in [6.45, 7) is 11.3. The molecule has 1 rings (SSSR count). The minimum Gasteiger partial charge on any atom is -0.355 e. The lowest BCUT2D eigenvalue weighted by atomic mass is 10.2. The van der Waals surface area contributed by atoms with Crippen molar-refractivity contribution in [1.82, 2.24) is 10.3 Å². The third kappa shape index (κ3) is 3.95. The van der Waals surface area contributed by atoms with Crippen molar-refractivity contribution in [2.45, 2.75) is 34.2 Å². The number of hydrogen-bond acceptors (Lipinski definition) is 3. The Hall–Kier alpha value is -1.16. The lowest BCUT2D eigenvalue weighted by Crippen LogP contribution is -2.25. The predicted molar refractivity (Wildman–Crippen MR) is 74.3 cm³/mol. The lowest BCUT2D eigenvalue weighted by molar-refractivity contribution is 0.532. The fourth-order valence-corrected chi connectivity index (χ4v) is 1.85. The van der Waals surface area contributed by atoms with Gasteiger partial charge in [-0.2, -0.15) is 0 Å². The molecule has 0 amide bonds. The van der Waals surface area contributed by atoms with Gasteiger partial charge in [0.2, 0.25) is 0 Å². The number of rotatable bonds is 7. The Morgan fingerprint density at radius 2 is 2.00 bits per heavy atom. The molecule has 1 aromatic heterocycles. The summed E-state index contributed by atoms with van der Waals surface area (Å²) in [6, 6.07) is 1.75. The van der Waals surface area contributed by atoms with Crippen molar-refractivity contribution in [2.24, 2.45) is 5.92 Å². The van der Waals surface area contributed by atoms with Gasteiger partial charge in [0.05, 0.1) is 0 Å². The second kappa shape index (κ2) is 7.31. The molecule has 0 spiro atoms. The Morgan fingerprint density at radius 3 is 2.56 bits per heavy atom. The number of aromatic nitrogens is 1. The molecule has 1 heterocycles. The Morgan fingerprint density at radius 1 is 1.33 bits per heavy atom. The van der Waals surface area contributed by atoms with Crippen molar-refractivity contribution in [2.75, 3.05) is 24.5 Å². The molecule has 0 aliphatic heterocycles. The maximum Gasteiger partial charge on any atom is 0.170 e. The SMILES string of the molecule is CCN(CC)c1nccc(CNCC(C)C)c1F. The number of halogens is 1. The number of nitrogens with zero attached hydrogens (tertiary/aromatic N) is 2. The number of nitrogens with one attached hydrogen (secondary N) is 1. The molecular formula is C14H24FN3. The van der Waals surface area contributed by atoms with E-state index in [2.05, 4.69) is 24.1 Å². The topological polar surface area (TPSA) is 28.2 Å². The lowest BCUT2D eigenvalue weighted by Gasteiger charge is -2.21. The first-order valence-corrected chi connectivity index (χ1v) is 6.69. The van der Waals surface area contributed by atoms with E-state index < -0.39 is 0 Å². The van der Waals surface area contributed by atoms with Gasteiger partial charge < -0.3 is 10.2 Å². The summed E-state index contributed by atoms with van der Waals surface area (Å²) >= 11 is 0. The summed E-state index contributed by atoms with van der Waals surface area (Å²) in [5, 5.41) is 3.26. The molecule has 0 radical (unpaired) electrons. The maximum absolute atomic E-state index is 14.3. The van der Waals surface area contributed by atoms with E-state index in [9.17, 15) is 4.39 Å². The standard InChI is InChI=1S/C14H24FN3/c1-5-18(6-2)14-13(15)12(7-8-17-14)10-16-9-11(3)4/h7-8,11,16H,5-6,9-10H2,1-4H3. The first kappa shape index (κ1) is 14.9. The molecule has 0 aliphatic rings. The number of hydrogen-bond donors (Lipinski definition) is 1. The molecule has 4 heteroatoms. The minimum atomic E-state index is -0.197. The summed E-state index contributed by atoms with van der Waals surface area (Å²) in [7, 11) is 0. The van der Waals surface area contributed by atoms with Crippen LogP contribution in [-0.4, -0.2) is 24.6 Å². The molecule has 102 valence electrons. The minimum absolute atomic E-state index is 0.197. The molecular weight excluding hydrogens is 229 g/mol. The second-order valence-electron chi connectivity index (χ2n) is 4.80. The van der Waals surface area contributed by atoms with Crippen LogP contribution in [0.4, 0.5) is 10.2 Å². The van der Waals surface area contributed by atoms with E-state index in [1.54, 1.807) is 12.3 Å². The summed E-state index contributed by atoms with van der Waals surface area (Å²) < 4.78 is 14.3. The van der Waals surface area contributed by atoms with Crippen LogP contribution >= 0.6 is 0 Å². The van der Waals surface area contributed by atoms with E-state index in [-0.39, 0.29) is 5.82 Å². The van der Waals surface area contributed by atoms with Crippen LogP contribution in [-0.2, 0) is 6.54 Å². The van der Waals surface area contributed by atoms with Gasteiger partial charge in [-0.05, 0) is 32.4 Å². The summed E-state index contributed by atoms with van der Waals surface area (Å²) in [6.07, 6.45) is 1.68. The highest BCUT2D eigenvalue weighted by atomic mass is 19.1. The molecule has 0 saturated carbocycles. The van der Waals surface area contributed by atoms with Gasteiger partial charge in [0.15, 0.2) is 11.6 Å². The Kier molecular flexibility index (Phi) is 6.05. The van der Waals surface area contributed by atoms with E-state index >= 15 is 0 Å². The molecule has 0 bridgehead atoms. The van der Waals surface area contributed by atoms with Crippen LogP contribution in [0.3, 0.4) is 0 Å². The Labute approximate surface area is 109 Å². The number of pyridine rings is 1. The van der Waals surface area contributed by atoms with Crippen LogP contribution in [0.2, 0.25) is 0 Å². The average molecular weight is 253 g/mol. The van der Waals surface area contributed by atoms with Crippen molar-refractivity contribution in [1.29, 1.82) is 0 Å². The van der Waals surface area contributed by atoms with Crippen molar-refractivity contribution in [3.63, 3.8) is 0 Å². The van der Waals surface area contributed by atoms with Crippen LogP contribution < -0.4 is 10.2 Å². The van der Waals surface area contributed by atoms with Crippen molar-refractivity contribution < 1.29 is 4.39 Å². The molecule has 0 aromatic carbocycles. The van der Waals surface area contributed by atoms with Gasteiger partial charge in [0, 0.05) is 31.4 Å². The van der Waals surface area contributed by atoms with Crippen LogP contribution in [0.15, 0.2) is 12.3 Å².